The van der Waals surface area contributed by atoms with Crippen LogP contribution in [0, 0.1) is 17.2 Å². The van der Waals surface area contributed by atoms with Gasteiger partial charge in [0.2, 0.25) is 0 Å². The van der Waals surface area contributed by atoms with Crippen LogP contribution in [0.3, 0.4) is 0 Å². The molecule has 1 aliphatic heterocycles. The zero-order valence-corrected chi connectivity index (χ0v) is 13.4. The van der Waals surface area contributed by atoms with Crippen molar-refractivity contribution < 1.29 is 4.79 Å². The number of aromatic amines is 1. The molecule has 122 valence electrons. The van der Waals surface area contributed by atoms with Crippen LogP contribution in [-0.2, 0) is 6.42 Å². The molecule has 1 saturated heterocycles. The van der Waals surface area contributed by atoms with Gasteiger partial charge < -0.3 is 4.90 Å². The largest absolute Gasteiger partial charge is 0.338 e. The standard InChI is InChI=1S/C18H19N5O/c19-10-12-1-3-15(4-2-12)18(24)23-8-7-13(11-23)9-16-20-17(22-21-16)14-5-6-14/h1-4,13-14H,5-9,11H2,(H,20,21,22). The maximum atomic E-state index is 12.6. The van der Waals surface area contributed by atoms with Crippen LogP contribution >= 0.6 is 0 Å². The van der Waals surface area contributed by atoms with Gasteiger partial charge in [-0.15, -0.1) is 0 Å². The first kappa shape index (κ1) is 14.9. The predicted octanol–water partition coefficient (Wildman–Crippen LogP) is 2.26. The maximum Gasteiger partial charge on any atom is 0.253 e. The van der Waals surface area contributed by atoms with E-state index in [0.717, 1.165) is 37.6 Å². The second-order valence-electron chi connectivity index (χ2n) is 6.71. The molecule has 6 nitrogen and oxygen atoms in total. The van der Waals surface area contributed by atoms with Crippen molar-refractivity contribution in [3.8, 4) is 6.07 Å². The monoisotopic (exact) mass is 321 g/mol. The van der Waals surface area contributed by atoms with Crippen LogP contribution in [0.25, 0.3) is 0 Å². The zero-order valence-electron chi connectivity index (χ0n) is 13.4. The molecular weight excluding hydrogens is 302 g/mol. The number of nitrogens with zero attached hydrogens (tertiary/aromatic N) is 4. The number of carbonyl (C=O) groups excluding carboxylic acids is 1. The number of likely N-dealkylation sites (tertiary alicyclic amines) is 1. The summed E-state index contributed by atoms with van der Waals surface area (Å²) >= 11 is 0. The Morgan fingerprint density at radius 2 is 2.08 bits per heavy atom. The molecule has 0 radical (unpaired) electrons. The van der Waals surface area contributed by atoms with Gasteiger partial charge in [-0.1, -0.05) is 0 Å². The number of rotatable bonds is 4. The first-order chi connectivity index (χ1) is 11.7. The third kappa shape index (κ3) is 3.02. The molecule has 1 saturated carbocycles. The highest BCUT2D eigenvalue weighted by atomic mass is 16.2. The molecule has 1 amide bonds. The van der Waals surface area contributed by atoms with Crippen LogP contribution in [-0.4, -0.2) is 39.1 Å². The Kier molecular flexibility index (Phi) is 3.77. The summed E-state index contributed by atoms with van der Waals surface area (Å²) in [5, 5.41) is 16.2. The molecular formula is C18H19N5O. The number of carbonyl (C=O) groups is 1. The maximum absolute atomic E-state index is 12.6. The summed E-state index contributed by atoms with van der Waals surface area (Å²) in [7, 11) is 0. The normalized spacial score (nSPS) is 20.1. The van der Waals surface area contributed by atoms with Crippen molar-refractivity contribution in [3.05, 3.63) is 47.0 Å². The Morgan fingerprint density at radius 1 is 1.29 bits per heavy atom. The highest BCUT2D eigenvalue weighted by Crippen LogP contribution is 2.37. The average Bonchev–Trinajstić information content (AvgIpc) is 3.19. The smallest absolute Gasteiger partial charge is 0.253 e. The molecule has 1 aromatic heterocycles. The van der Waals surface area contributed by atoms with E-state index in [1.165, 1.54) is 12.8 Å². The number of amides is 1. The van der Waals surface area contributed by atoms with Gasteiger partial charge in [0.05, 0.1) is 11.6 Å². The van der Waals surface area contributed by atoms with Crippen LogP contribution in [0.1, 0.15) is 52.8 Å². The van der Waals surface area contributed by atoms with E-state index in [-0.39, 0.29) is 5.91 Å². The van der Waals surface area contributed by atoms with Crippen LogP contribution in [0.5, 0.6) is 0 Å². The Bertz CT molecular complexity index is 784. The van der Waals surface area contributed by atoms with Gasteiger partial charge in [0.25, 0.3) is 5.91 Å². The lowest BCUT2D eigenvalue weighted by molar-refractivity contribution is 0.0787. The lowest BCUT2D eigenvalue weighted by Gasteiger charge is -2.16. The highest BCUT2D eigenvalue weighted by molar-refractivity contribution is 5.94. The van der Waals surface area contributed by atoms with Gasteiger partial charge in [-0.05, 0) is 49.4 Å². The number of aromatic nitrogens is 3. The van der Waals surface area contributed by atoms with Gasteiger partial charge in [0.1, 0.15) is 5.82 Å². The number of benzene rings is 1. The number of hydrogen-bond acceptors (Lipinski definition) is 4. The van der Waals surface area contributed by atoms with E-state index < -0.39 is 0 Å². The summed E-state index contributed by atoms with van der Waals surface area (Å²) in [5.74, 6) is 2.92. The number of H-pyrrole nitrogens is 1. The topological polar surface area (TPSA) is 85.7 Å². The summed E-state index contributed by atoms with van der Waals surface area (Å²) < 4.78 is 0. The summed E-state index contributed by atoms with van der Waals surface area (Å²) in [4.78, 5) is 19.0. The molecule has 1 aliphatic carbocycles. The van der Waals surface area contributed by atoms with Gasteiger partial charge >= 0.3 is 0 Å². The van der Waals surface area contributed by atoms with Gasteiger partial charge in [0.15, 0.2) is 5.82 Å². The minimum absolute atomic E-state index is 0.0400. The van der Waals surface area contributed by atoms with E-state index >= 15 is 0 Å². The molecule has 1 N–H and O–H groups in total. The van der Waals surface area contributed by atoms with Crippen molar-refractivity contribution >= 4 is 5.91 Å². The molecule has 1 aromatic carbocycles. The first-order valence-corrected chi connectivity index (χ1v) is 8.43. The molecule has 2 fully saturated rings. The fourth-order valence-electron chi connectivity index (χ4n) is 3.25. The van der Waals surface area contributed by atoms with Crippen molar-refractivity contribution in [2.45, 2.75) is 31.6 Å². The molecule has 1 unspecified atom stereocenters. The molecule has 2 aliphatic rings. The molecule has 24 heavy (non-hydrogen) atoms. The SMILES string of the molecule is N#Cc1ccc(C(=O)N2CCC(Cc3nc(C4CC4)n[nH]3)C2)cc1. The number of hydrogen-bond donors (Lipinski definition) is 1. The first-order valence-electron chi connectivity index (χ1n) is 8.43. The summed E-state index contributed by atoms with van der Waals surface area (Å²) in [6, 6.07) is 8.91. The highest BCUT2D eigenvalue weighted by Gasteiger charge is 2.30. The number of nitriles is 1. The van der Waals surface area contributed by atoms with E-state index in [9.17, 15) is 4.79 Å². The van der Waals surface area contributed by atoms with E-state index in [1.54, 1.807) is 24.3 Å². The third-order valence-corrected chi connectivity index (χ3v) is 4.81. The summed E-state index contributed by atoms with van der Waals surface area (Å²) in [6.45, 7) is 1.52. The van der Waals surface area contributed by atoms with Crippen molar-refractivity contribution in [2.75, 3.05) is 13.1 Å². The molecule has 0 bridgehead atoms. The zero-order chi connectivity index (χ0) is 16.5. The van der Waals surface area contributed by atoms with Crippen molar-refractivity contribution in [2.24, 2.45) is 5.92 Å². The lowest BCUT2D eigenvalue weighted by Crippen LogP contribution is -2.29. The van der Waals surface area contributed by atoms with Crippen molar-refractivity contribution in [3.63, 3.8) is 0 Å². The molecule has 0 spiro atoms. The number of nitrogens with one attached hydrogen (secondary N) is 1. The third-order valence-electron chi connectivity index (χ3n) is 4.81. The predicted molar refractivity (Wildman–Crippen MR) is 87.2 cm³/mol. The molecule has 2 heterocycles. The Labute approximate surface area is 140 Å². The van der Waals surface area contributed by atoms with E-state index in [4.69, 9.17) is 5.26 Å². The fraction of sp³-hybridized carbons (Fsp3) is 0.444. The average molecular weight is 321 g/mol. The second kappa shape index (κ2) is 6.08. The van der Waals surface area contributed by atoms with Crippen LogP contribution in [0.2, 0.25) is 0 Å². The molecule has 6 heteroatoms. The van der Waals surface area contributed by atoms with Gasteiger partial charge in [0, 0.05) is 31.0 Å². The summed E-state index contributed by atoms with van der Waals surface area (Å²) in [6.07, 6.45) is 4.24. The fourth-order valence-corrected chi connectivity index (χ4v) is 3.25. The minimum Gasteiger partial charge on any atom is -0.338 e. The van der Waals surface area contributed by atoms with E-state index in [1.807, 2.05) is 4.90 Å². The van der Waals surface area contributed by atoms with E-state index in [0.29, 0.717) is 23.0 Å². The van der Waals surface area contributed by atoms with Crippen molar-refractivity contribution in [1.82, 2.24) is 20.1 Å². The van der Waals surface area contributed by atoms with Crippen molar-refractivity contribution in [1.29, 1.82) is 5.26 Å². The Hall–Kier alpha value is -2.68. The van der Waals surface area contributed by atoms with Gasteiger partial charge in [-0.2, -0.15) is 10.4 Å². The molecule has 1 atom stereocenters. The van der Waals surface area contributed by atoms with Gasteiger partial charge in [-0.3, -0.25) is 9.89 Å². The van der Waals surface area contributed by atoms with Crippen LogP contribution in [0.15, 0.2) is 24.3 Å². The molecule has 4 rings (SSSR count). The minimum atomic E-state index is 0.0400. The van der Waals surface area contributed by atoms with Crippen LogP contribution in [0.4, 0.5) is 0 Å². The second-order valence-corrected chi connectivity index (χ2v) is 6.71. The van der Waals surface area contributed by atoms with Crippen LogP contribution < -0.4 is 0 Å². The summed E-state index contributed by atoms with van der Waals surface area (Å²) in [5.41, 5.74) is 1.22. The Morgan fingerprint density at radius 3 is 2.79 bits per heavy atom. The molecule has 2 aromatic rings. The Balaban J connectivity index is 1.36. The van der Waals surface area contributed by atoms with E-state index in [2.05, 4.69) is 21.3 Å². The van der Waals surface area contributed by atoms with Gasteiger partial charge in [-0.25, -0.2) is 4.98 Å². The lowest BCUT2D eigenvalue weighted by atomic mass is 10.0. The quantitative estimate of drug-likeness (QED) is 0.936.